The SMILES string of the molecule is Cc1cccc(CN)c1N1CCC(C)(O)C1. The van der Waals surface area contributed by atoms with Gasteiger partial charge in [-0.25, -0.2) is 0 Å². The monoisotopic (exact) mass is 220 g/mol. The second kappa shape index (κ2) is 4.07. The Hall–Kier alpha value is -1.06. The normalized spacial score (nSPS) is 25.1. The fourth-order valence-electron chi connectivity index (χ4n) is 2.47. The highest BCUT2D eigenvalue weighted by Crippen LogP contribution is 2.31. The zero-order valence-corrected chi connectivity index (χ0v) is 10.0. The Labute approximate surface area is 96.9 Å². The first-order valence-electron chi connectivity index (χ1n) is 5.79. The molecule has 0 bridgehead atoms. The molecule has 0 radical (unpaired) electrons. The van der Waals surface area contributed by atoms with Gasteiger partial charge in [0.1, 0.15) is 0 Å². The minimum absolute atomic E-state index is 0.551. The van der Waals surface area contributed by atoms with Gasteiger partial charge in [-0.15, -0.1) is 0 Å². The molecule has 1 fully saturated rings. The van der Waals surface area contributed by atoms with E-state index in [1.54, 1.807) is 0 Å². The van der Waals surface area contributed by atoms with Gasteiger partial charge in [0.25, 0.3) is 0 Å². The lowest BCUT2D eigenvalue weighted by molar-refractivity contribution is 0.0839. The number of aryl methyl sites for hydroxylation is 1. The Kier molecular flexibility index (Phi) is 2.91. The molecule has 0 aliphatic carbocycles. The molecule has 1 atom stereocenters. The first-order chi connectivity index (χ1) is 7.53. The van der Waals surface area contributed by atoms with Crippen molar-refractivity contribution >= 4 is 5.69 Å². The molecule has 1 aliphatic heterocycles. The lowest BCUT2D eigenvalue weighted by atomic mass is 10.1. The Morgan fingerprint density at radius 2 is 2.25 bits per heavy atom. The van der Waals surface area contributed by atoms with E-state index in [4.69, 9.17) is 5.73 Å². The van der Waals surface area contributed by atoms with E-state index >= 15 is 0 Å². The lowest BCUT2D eigenvalue weighted by Crippen LogP contribution is -2.30. The van der Waals surface area contributed by atoms with E-state index in [1.807, 2.05) is 13.0 Å². The summed E-state index contributed by atoms with van der Waals surface area (Å²) in [6.45, 7) is 6.15. The lowest BCUT2D eigenvalue weighted by Gasteiger charge is -2.25. The highest BCUT2D eigenvalue weighted by molar-refractivity contribution is 5.60. The largest absolute Gasteiger partial charge is 0.388 e. The van der Waals surface area contributed by atoms with Crippen LogP contribution in [0.15, 0.2) is 18.2 Å². The van der Waals surface area contributed by atoms with Crippen LogP contribution in [-0.4, -0.2) is 23.8 Å². The van der Waals surface area contributed by atoms with E-state index in [9.17, 15) is 5.11 Å². The Morgan fingerprint density at radius 3 is 2.81 bits per heavy atom. The molecule has 3 N–H and O–H groups in total. The van der Waals surface area contributed by atoms with Crippen LogP contribution in [0.3, 0.4) is 0 Å². The van der Waals surface area contributed by atoms with E-state index in [1.165, 1.54) is 11.3 Å². The van der Waals surface area contributed by atoms with Gasteiger partial charge in [-0.05, 0) is 31.4 Å². The molecule has 1 unspecified atom stereocenters. The van der Waals surface area contributed by atoms with Crippen molar-refractivity contribution in [1.82, 2.24) is 0 Å². The van der Waals surface area contributed by atoms with Crippen LogP contribution in [0.5, 0.6) is 0 Å². The molecule has 0 saturated carbocycles. The minimum atomic E-state index is -0.561. The van der Waals surface area contributed by atoms with E-state index in [-0.39, 0.29) is 0 Å². The average molecular weight is 220 g/mol. The average Bonchev–Trinajstić information content (AvgIpc) is 2.58. The standard InChI is InChI=1S/C13H20N2O/c1-10-4-3-5-11(8-14)12(10)15-7-6-13(2,16)9-15/h3-5,16H,6-9,14H2,1-2H3. The predicted octanol–water partition coefficient (Wildman–Crippen LogP) is 1.41. The summed E-state index contributed by atoms with van der Waals surface area (Å²) in [6.07, 6.45) is 0.825. The molecular formula is C13H20N2O. The van der Waals surface area contributed by atoms with Crippen LogP contribution in [0.2, 0.25) is 0 Å². The zero-order chi connectivity index (χ0) is 11.8. The highest BCUT2D eigenvalue weighted by Gasteiger charge is 2.32. The zero-order valence-electron chi connectivity index (χ0n) is 10.0. The van der Waals surface area contributed by atoms with Crippen molar-refractivity contribution in [1.29, 1.82) is 0 Å². The summed E-state index contributed by atoms with van der Waals surface area (Å²) in [4.78, 5) is 2.25. The van der Waals surface area contributed by atoms with E-state index in [0.29, 0.717) is 13.1 Å². The summed E-state index contributed by atoms with van der Waals surface area (Å²) in [7, 11) is 0. The summed E-state index contributed by atoms with van der Waals surface area (Å²) in [5.41, 5.74) is 8.82. The van der Waals surface area contributed by atoms with E-state index < -0.39 is 5.60 Å². The summed E-state index contributed by atoms with van der Waals surface area (Å²) in [5, 5.41) is 10.0. The third kappa shape index (κ3) is 2.06. The number of hydrogen-bond donors (Lipinski definition) is 2. The molecule has 1 aliphatic rings. The highest BCUT2D eigenvalue weighted by atomic mass is 16.3. The van der Waals surface area contributed by atoms with Crippen molar-refractivity contribution in [2.45, 2.75) is 32.4 Å². The van der Waals surface area contributed by atoms with Crippen LogP contribution in [-0.2, 0) is 6.54 Å². The molecule has 2 rings (SSSR count). The summed E-state index contributed by atoms with van der Waals surface area (Å²) < 4.78 is 0. The van der Waals surface area contributed by atoms with Crippen LogP contribution in [0.4, 0.5) is 5.69 Å². The van der Waals surface area contributed by atoms with Crippen LogP contribution >= 0.6 is 0 Å². The Morgan fingerprint density at radius 1 is 1.50 bits per heavy atom. The molecule has 1 aromatic carbocycles. The van der Waals surface area contributed by atoms with Crippen molar-refractivity contribution in [2.24, 2.45) is 5.73 Å². The third-order valence-corrected chi connectivity index (χ3v) is 3.31. The quantitative estimate of drug-likeness (QED) is 0.792. The first kappa shape index (κ1) is 11.4. The van der Waals surface area contributed by atoms with Crippen molar-refractivity contribution in [3.05, 3.63) is 29.3 Å². The number of nitrogens with two attached hydrogens (primary N) is 1. The molecule has 3 nitrogen and oxygen atoms in total. The van der Waals surface area contributed by atoms with Gasteiger partial charge in [-0.2, -0.15) is 0 Å². The van der Waals surface area contributed by atoms with Gasteiger partial charge < -0.3 is 15.7 Å². The third-order valence-electron chi connectivity index (χ3n) is 3.31. The number of aliphatic hydroxyl groups is 1. The van der Waals surface area contributed by atoms with Crippen molar-refractivity contribution in [3.8, 4) is 0 Å². The summed E-state index contributed by atoms with van der Waals surface area (Å²) >= 11 is 0. The predicted molar refractivity (Wildman–Crippen MR) is 66.5 cm³/mol. The molecule has 3 heteroatoms. The molecule has 0 amide bonds. The molecule has 1 heterocycles. The van der Waals surface area contributed by atoms with Crippen LogP contribution in [0.1, 0.15) is 24.5 Å². The molecular weight excluding hydrogens is 200 g/mol. The van der Waals surface area contributed by atoms with Gasteiger partial charge in [0.15, 0.2) is 0 Å². The maximum absolute atomic E-state index is 10.0. The van der Waals surface area contributed by atoms with Crippen LogP contribution in [0, 0.1) is 6.92 Å². The van der Waals surface area contributed by atoms with Gasteiger partial charge >= 0.3 is 0 Å². The summed E-state index contributed by atoms with van der Waals surface area (Å²) in [5.74, 6) is 0. The number of para-hydroxylation sites is 1. The number of rotatable bonds is 2. The number of anilines is 1. The number of nitrogens with zero attached hydrogens (tertiary/aromatic N) is 1. The first-order valence-corrected chi connectivity index (χ1v) is 5.79. The molecule has 16 heavy (non-hydrogen) atoms. The molecule has 0 aromatic heterocycles. The van der Waals surface area contributed by atoms with Gasteiger partial charge in [0.05, 0.1) is 5.60 Å². The smallest absolute Gasteiger partial charge is 0.0810 e. The molecule has 88 valence electrons. The van der Waals surface area contributed by atoms with Crippen molar-refractivity contribution in [2.75, 3.05) is 18.0 Å². The number of β-amino-alcohol motifs (C(OH)–C–C–N with tert-alkyl or cyclic N) is 1. The molecule has 1 aromatic rings. The minimum Gasteiger partial charge on any atom is -0.388 e. The van der Waals surface area contributed by atoms with Gasteiger partial charge in [0.2, 0.25) is 0 Å². The maximum Gasteiger partial charge on any atom is 0.0810 e. The van der Waals surface area contributed by atoms with Crippen molar-refractivity contribution < 1.29 is 5.11 Å². The van der Waals surface area contributed by atoms with Gasteiger partial charge in [0, 0.05) is 25.3 Å². The van der Waals surface area contributed by atoms with Crippen LogP contribution < -0.4 is 10.6 Å². The van der Waals surface area contributed by atoms with E-state index in [2.05, 4.69) is 24.0 Å². The molecule has 0 spiro atoms. The Bertz CT molecular complexity index is 388. The fraction of sp³-hybridized carbons (Fsp3) is 0.538. The van der Waals surface area contributed by atoms with Gasteiger partial charge in [-0.3, -0.25) is 0 Å². The second-order valence-corrected chi connectivity index (χ2v) is 4.96. The topological polar surface area (TPSA) is 49.5 Å². The van der Waals surface area contributed by atoms with Gasteiger partial charge in [-0.1, -0.05) is 18.2 Å². The number of hydrogen-bond acceptors (Lipinski definition) is 3. The maximum atomic E-state index is 10.0. The molecule has 1 saturated heterocycles. The second-order valence-electron chi connectivity index (χ2n) is 4.96. The Balaban J connectivity index is 2.34. The van der Waals surface area contributed by atoms with E-state index in [0.717, 1.165) is 18.5 Å². The van der Waals surface area contributed by atoms with Crippen molar-refractivity contribution in [3.63, 3.8) is 0 Å². The fourth-order valence-corrected chi connectivity index (χ4v) is 2.47. The summed E-state index contributed by atoms with van der Waals surface area (Å²) in [6, 6.07) is 6.20. The number of benzene rings is 1. The van der Waals surface area contributed by atoms with Crippen LogP contribution in [0.25, 0.3) is 0 Å².